The van der Waals surface area contributed by atoms with Crippen molar-refractivity contribution in [3.8, 4) is 11.4 Å². The molecule has 2 heterocycles. The fourth-order valence-electron chi connectivity index (χ4n) is 3.27. The fraction of sp³-hybridized carbons (Fsp3) is 0.100. The van der Waals surface area contributed by atoms with Gasteiger partial charge in [0.25, 0.3) is 0 Å². The Kier molecular flexibility index (Phi) is 3.65. The molecule has 0 radical (unpaired) electrons. The summed E-state index contributed by atoms with van der Waals surface area (Å²) in [5.41, 5.74) is 6.80. The molecule has 4 aromatic rings. The smallest absolute Gasteiger partial charge is 0.212 e. The molecule has 128 valence electrons. The van der Waals surface area contributed by atoms with Crippen LogP contribution in [-0.4, -0.2) is 14.9 Å². The molecule has 0 amide bonds. The Morgan fingerprint density at radius 2 is 1.73 bits per heavy atom. The van der Waals surface area contributed by atoms with E-state index in [1.807, 2.05) is 35.0 Å². The molecule has 0 fully saturated rings. The van der Waals surface area contributed by atoms with Gasteiger partial charge in [-0.05, 0) is 35.4 Å². The van der Waals surface area contributed by atoms with E-state index in [2.05, 4.69) is 52.9 Å². The van der Waals surface area contributed by atoms with Gasteiger partial charge < -0.3 is 5.43 Å². The van der Waals surface area contributed by atoms with E-state index in [1.165, 1.54) is 10.9 Å². The molecule has 0 aliphatic carbocycles. The number of halogens is 1. The lowest BCUT2D eigenvalue weighted by Gasteiger charge is -2.15. The molecule has 1 atom stereocenters. The maximum atomic E-state index is 6.58. The van der Waals surface area contributed by atoms with Gasteiger partial charge in [-0.3, -0.25) is 0 Å². The first-order chi connectivity index (χ1) is 12.7. The van der Waals surface area contributed by atoms with Gasteiger partial charge in [-0.2, -0.15) is 0 Å². The summed E-state index contributed by atoms with van der Waals surface area (Å²) in [6.07, 6.45) is 0. The number of hydrogen-bond acceptors (Lipinski definition) is 4. The molecule has 1 aromatic heterocycles. The molecular formula is C20H15ClN4S. The number of aryl methyl sites for hydroxylation is 1. The summed E-state index contributed by atoms with van der Waals surface area (Å²) in [6.45, 7) is 2.08. The average Bonchev–Trinajstić information content (AvgIpc) is 3.22. The van der Waals surface area contributed by atoms with Gasteiger partial charge in [-0.1, -0.05) is 71.9 Å². The summed E-state index contributed by atoms with van der Waals surface area (Å²) < 4.78 is 1.96. The molecule has 26 heavy (non-hydrogen) atoms. The maximum Gasteiger partial charge on any atom is 0.212 e. The van der Waals surface area contributed by atoms with E-state index in [1.54, 1.807) is 11.8 Å². The molecular weight excluding hydrogens is 364 g/mol. The monoisotopic (exact) mass is 378 g/mol. The van der Waals surface area contributed by atoms with Crippen LogP contribution in [-0.2, 0) is 0 Å². The zero-order chi connectivity index (χ0) is 17.7. The van der Waals surface area contributed by atoms with E-state index in [0.29, 0.717) is 0 Å². The van der Waals surface area contributed by atoms with Gasteiger partial charge in [-0.15, -0.1) is 10.2 Å². The number of nitrogens with zero attached hydrogens (tertiary/aromatic N) is 3. The van der Waals surface area contributed by atoms with Crippen LogP contribution >= 0.6 is 23.4 Å². The highest BCUT2D eigenvalue weighted by Crippen LogP contribution is 2.43. The van der Waals surface area contributed by atoms with E-state index in [0.717, 1.165) is 32.5 Å². The highest BCUT2D eigenvalue weighted by atomic mass is 35.5. The van der Waals surface area contributed by atoms with Crippen LogP contribution in [0.15, 0.2) is 65.8 Å². The summed E-state index contributed by atoms with van der Waals surface area (Å²) in [7, 11) is 0. The topological polar surface area (TPSA) is 42.7 Å². The third kappa shape index (κ3) is 2.47. The number of aromatic nitrogens is 3. The third-order valence-electron chi connectivity index (χ3n) is 4.64. The van der Waals surface area contributed by atoms with Gasteiger partial charge in [0.05, 0.1) is 0 Å². The van der Waals surface area contributed by atoms with Gasteiger partial charge in [0.2, 0.25) is 5.16 Å². The van der Waals surface area contributed by atoms with Crippen molar-refractivity contribution in [2.45, 2.75) is 17.5 Å². The maximum absolute atomic E-state index is 6.58. The minimum atomic E-state index is 0.000347. The molecule has 1 aliphatic rings. The second kappa shape index (κ2) is 6.04. The molecule has 1 N–H and O–H groups in total. The zero-order valence-corrected chi connectivity index (χ0v) is 15.6. The van der Waals surface area contributed by atoms with Gasteiger partial charge in [0.1, 0.15) is 5.37 Å². The molecule has 4 nitrogen and oxygen atoms in total. The van der Waals surface area contributed by atoms with Crippen molar-refractivity contribution < 1.29 is 0 Å². The van der Waals surface area contributed by atoms with Gasteiger partial charge in [-0.25, -0.2) is 4.68 Å². The summed E-state index contributed by atoms with van der Waals surface area (Å²) in [5, 5.41) is 12.6. The Morgan fingerprint density at radius 3 is 2.54 bits per heavy atom. The third-order valence-corrected chi connectivity index (χ3v) is 6.03. The van der Waals surface area contributed by atoms with Crippen LogP contribution in [0.1, 0.15) is 16.5 Å². The van der Waals surface area contributed by atoms with Gasteiger partial charge in [0, 0.05) is 16.1 Å². The SMILES string of the molecule is Cc1ccccc1-c1nnc2n1NC(c1cc3ccccc3cc1Cl)S2. The lowest BCUT2D eigenvalue weighted by atomic mass is 10.1. The second-order valence-corrected chi connectivity index (χ2v) is 7.78. The summed E-state index contributed by atoms with van der Waals surface area (Å²) >= 11 is 8.20. The number of rotatable bonds is 2. The summed E-state index contributed by atoms with van der Waals surface area (Å²) in [6, 6.07) is 20.6. The molecule has 6 heteroatoms. The predicted molar refractivity (Wildman–Crippen MR) is 107 cm³/mol. The Bertz CT molecular complexity index is 1140. The van der Waals surface area contributed by atoms with Crippen molar-refractivity contribution in [2.75, 3.05) is 5.43 Å². The van der Waals surface area contributed by atoms with Crippen LogP contribution in [0.4, 0.5) is 0 Å². The first kappa shape index (κ1) is 15.7. The minimum Gasteiger partial charge on any atom is -0.304 e. The van der Waals surface area contributed by atoms with Crippen molar-refractivity contribution in [1.82, 2.24) is 14.9 Å². The van der Waals surface area contributed by atoms with E-state index in [-0.39, 0.29) is 5.37 Å². The Balaban J connectivity index is 1.54. The first-order valence-corrected chi connectivity index (χ1v) is 9.59. The van der Waals surface area contributed by atoms with Crippen molar-refractivity contribution in [3.05, 3.63) is 76.8 Å². The average molecular weight is 379 g/mol. The lowest BCUT2D eigenvalue weighted by Crippen LogP contribution is -2.14. The van der Waals surface area contributed by atoms with Crippen molar-refractivity contribution in [1.29, 1.82) is 0 Å². The second-order valence-electron chi connectivity index (χ2n) is 6.30. The minimum absolute atomic E-state index is 0.000347. The Morgan fingerprint density at radius 1 is 1.00 bits per heavy atom. The number of thioether (sulfide) groups is 1. The van der Waals surface area contributed by atoms with Crippen LogP contribution in [0.5, 0.6) is 0 Å². The van der Waals surface area contributed by atoms with Gasteiger partial charge >= 0.3 is 0 Å². The van der Waals surface area contributed by atoms with Gasteiger partial charge in [0.15, 0.2) is 5.82 Å². The predicted octanol–water partition coefficient (Wildman–Crippen LogP) is 5.41. The molecule has 1 aliphatic heterocycles. The highest BCUT2D eigenvalue weighted by molar-refractivity contribution is 7.99. The quantitative estimate of drug-likeness (QED) is 0.506. The Labute approximate surface area is 160 Å². The first-order valence-electron chi connectivity index (χ1n) is 8.33. The summed E-state index contributed by atoms with van der Waals surface area (Å²) in [5.74, 6) is 0.824. The Hall–Kier alpha value is -2.50. The molecule has 0 bridgehead atoms. The molecule has 1 unspecified atom stereocenters. The van der Waals surface area contributed by atoms with Crippen molar-refractivity contribution in [3.63, 3.8) is 0 Å². The summed E-state index contributed by atoms with van der Waals surface area (Å²) in [4.78, 5) is 0. The van der Waals surface area contributed by atoms with Crippen LogP contribution in [0.2, 0.25) is 5.02 Å². The van der Waals surface area contributed by atoms with Crippen molar-refractivity contribution >= 4 is 34.1 Å². The highest BCUT2D eigenvalue weighted by Gasteiger charge is 2.29. The zero-order valence-electron chi connectivity index (χ0n) is 14.0. The van der Waals surface area contributed by atoms with Crippen LogP contribution in [0.3, 0.4) is 0 Å². The van der Waals surface area contributed by atoms with Crippen LogP contribution < -0.4 is 5.43 Å². The largest absolute Gasteiger partial charge is 0.304 e. The molecule has 0 saturated carbocycles. The molecule has 5 rings (SSSR count). The molecule has 3 aromatic carbocycles. The number of fused-ring (bicyclic) bond motifs is 2. The van der Waals surface area contributed by atoms with E-state index in [9.17, 15) is 0 Å². The standard InChI is InChI=1S/C20H15ClN4S/c1-12-6-2-5-9-15(12)18-22-23-20-25(18)24-19(26-20)16-10-13-7-3-4-8-14(13)11-17(16)21/h2-11,19,24H,1H3. The molecule has 0 saturated heterocycles. The van der Waals surface area contributed by atoms with Crippen LogP contribution in [0.25, 0.3) is 22.2 Å². The van der Waals surface area contributed by atoms with Crippen molar-refractivity contribution in [2.24, 2.45) is 0 Å². The van der Waals surface area contributed by atoms with E-state index in [4.69, 9.17) is 11.6 Å². The number of benzene rings is 3. The number of hydrogen-bond donors (Lipinski definition) is 1. The van der Waals surface area contributed by atoms with E-state index >= 15 is 0 Å². The van der Waals surface area contributed by atoms with Crippen LogP contribution in [0, 0.1) is 6.92 Å². The normalized spacial score (nSPS) is 15.8. The molecule has 0 spiro atoms. The number of nitrogens with one attached hydrogen (secondary N) is 1. The fourth-order valence-corrected chi connectivity index (χ4v) is 4.64. The lowest BCUT2D eigenvalue weighted by molar-refractivity contribution is 0.792. The van der Waals surface area contributed by atoms with E-state index < -0.39 is 0 Å².